The first-order chi connectivity index (χ1) is 14.2. The van der Waals surface area contributed by atoms with Crippen molar-refractivity contribution in [1.29, 1.82) is 0 Å². The summed E-state index contributed by atoms with van der Waals surface area (Å²) in [6.45, 7) is 3.18. The van der Waals surface area contributed by atoms with Gasteiger partial charge in [-0.25, -0.2) is 8.42 Å². The molecule has 0 aromatic heterocycles. The van der Waals surface area contributed by atoms with Crippen LogP contribution in [0.1, 0.15) is 16.7 Å². The summed E-state index contributed by atoms with van der Waals surface area (Å²) in [7, 11) is -3.84. The molecule has 3 N–H and O–H groups in total. The highest BCUT2D eigenvalue weighted by Gasteiger charge is 2.39. The summed E-state index contributed by atoms with van der Waals surface area (Å²) in [6, 6.07) is 12.7. The van der Waals surface area contributed by atoms with E-state index < -0.39 is 27.9 Å². The Hall–Kier alpha value is -2.75. The van der Waals surface area contributed by atoms with Gasteiger partial charge in [-0.1, -0.05) is 42.0 Å². The van der Waals surface area contributed by atoms with E-state index in [4.69, 9.17) is 10.8 Å². The van der Waals surface area contributed by atoms with E-state index in [2.05, 4.69) is 0 Å². The van der Waals surface area contributed by atoms with Gasteiger partial charge in [0.2, 0.25) is 15.9 Å². The zero-order valence-corrected chi connectivity index (χ0v) is 17.5. The van der Waals surface area contributed by atoms with Crippen LogP contribution in [0.3, 0.4) is 0 Å². The molecule has 3 rings (SSSR count). The van der Waals surface area contributed by atoms with Crippen LogP contribution in [-0.4, -0.2) is 60.3 Å². The van der Waals surface area contributed by atoms with Gasteiger partial charge >= 0.3 is 5.97 Å². The lowest BCUT2D eigenvalue weighted by atomic mass is 10.1. The Morgan fingerprint density at radius 3 is 2.20 bits per heavy atom. The fraction of sp³-hybridized carbons (Fsp3) is 0.333. The molecule has 0 bridgehead atoms. The Balaban J connectivity index is 1.73. The monoisotopic (exact) mass is 431 g/mol. The maximum absolute atomic E-state index is 13.1. The number of carbonyl (C=O) groups is 2. The first kappa shape index (κ1) is 21.9. The van der Waals surface area contributed by atoms with Gasteiger partial charge < -0.3 is 10.8 Å². The molecule has 1 aliphatic heterocycles. The highest BCUT2D eigenvalue weighted by Crippen LogP contribution is 2.23. The van der Waals surface area contributed by atoms with Crippen LogP contribution in [-0.2, 0) is 32.6 Å². The molecule has 0 saturated carbocycles. The standard InChI is InChI=1S/C21H25N3O5S/c1-15-2-8-18(9-3-15)30(28,29)24-11-10-23(14-19(24)21(22)27)13-17-6-4-16(5-7-17)12-20(25)26/h2-9,19H,10-14H2,1H3,(H2,22,27)(H,25,26). The van der Waals surface area contributed by atoms with Crippen molar-refractivity contribution in [1.82, 2.24) is 9.21 Å². The SMILES string of the molecule is Cc1ccc(S(=O)(=O)N2CCN(Cc3ccc(CC(=O)O)cc3)CC2C(N)=O)cc1. The number of aliphatic carboxylic acids is 1. The summed E-state index contributed by atoms with van der Waals surface area (Å²) in [6.07, 6.45) is -0.0421. The van der Waals surface area contributed by atoms with Crippen molar-refractivity contribution in [3.63, 3.8) is 0 Å². The van der Waals surface area contributed by atoms with Gasteiger partial charge in [-0.2, -0.15) is 4.31 Å². The van der Waals surface area contributed by atoms with Crippen LogP contribution in [0.4, 0.5) is 0 Å². The van der Waals surface area contributed by atoms with Crippen molar-refractivity contribution in [2.75, 3.05) is 19.6 Å². The molecule has 2 aromatic rings. The van der Waals surface area contributed by atoms with E-state index in [1.807, 2.05) is 24.0 Å². The Morgan fingerprint density at radius 2 is 1.63 bits per heavy atom. The molecular formula is C21H25N3O5S. The highest BCUT2D eigenvalue weighted by molar-refractivity contribution is 7.89. The van der Waals surface area contributed by atoms with E-state index in [-0.39, 0.29) is 24.4 Å². The summed E-state index contributed by atoms with van der Waals surface area (Å²) >= 11 is 0. The molecule has 1 heterocycles. The van der Waals surface area contributed by atoms with Gasteiger partial charge in [0, 0.05) is 26.2 Å². The zero-order chi connectivity index (χ0) is 21.9. The quantitative estimate of drug-likeness (QED) is 0.674. The van der Waals surface area contributed by atoms with E-state index in [0.29, 0.717) is 18.7 Å². The van der Waals surface area contributed by atoms with E-state index in [1.165, 1.54) is 16.4 Å². The normalized spacial score (nSPS) is 18.2. The van der Waals surface area contributed by atoms with Crippen LogP contribution in [0, 0.1) is 6.92 Å². The fourth-order valence-electron chi connectivity index (χ4n) is 3.53. The number of aryl methyl sites for hydroxylation is 1. The number of primary amides is 1. The van der Waals surface area contributed by atoms with Crippen molar-refractivity contribution in [2.24, 2.45) is 5.73 Å². The second-order valence-corrected chi connectivity index (χ2v) is 9.36. The Morgan fingerprint density at radius 1 is 1.03 bits per heavy atom. The first-order valence-electron chi connectivity index (χ1n) is 9.56. The third-order valence-electron chi connectivity index (χ3n) is 5.16. The molecule has 160 valence electrons. The van der Waals surface area contributed by atoms with Gasteiger partial charge in [0.25, 0.3) is 0 Å². The molecule has 1 atom stereocenters. The largest absolute Gasteiger partial charge is 0.481 e. The lowest BCUT2D eigenvalue weighted by molar-refractivity contribution is -0.136. The molecule has 1 saturated heterocycles. The van der Waals surface area contributed by atoms with Crippen LogP contribution in [0.15, 0.2) is 53.4 Å². The molecule has 1 aliphatic rings. The molecular weight excluding hydrogens is 406 g/mol. The van der Waals surface area contributed by atoms with Crippen LogP contribution in [0.25, 0.3) is 0 Å². The number of carboxylic acids is 1. The number of sulfonamides is 1. The van der Waals surface area contributed by atoms with Gasteiger partial charge in [-0.3, -0.25) is 14.5 Å². The predicted molar refractivity (Wildman–Crippen MR) is 111 cm³/mol. The molecule has 1 amide bonds. The van der Waals surface area contributed by atoms with Crippen molar-refractivity contribution >= 4 is 21.9 Å². The van der Waals surface area contributed by atoms with Crippen molar-refractivity contribution in [2.45, 2.75) is 30.8 Å². The van der Waals surface area contributed by atoms with Gasteiger partial charge in [-0.05, 0) is 30.2 Å². The number of nitrogens with zero attached hydrogens (tertiary/aromatic N) is 2. The second kappa shape index (κ2) is 8.95. The summed E-state index contributed by atoms with van der Waals surface area (Å²) in [5.41, 5.74) is 8.15. The number of rotatable bonds is 7. The van der Waals surface area contributed by atoms with Crippen LogP contribution < -0.4 is 5.73 Å². The molecule has 1 unspecified atom stereocenters. The van der Waals surface area contributed by atoms with Crippen LogP contribution in [0.2, 0.25) is 0 Å². The Bertz CT molecular complexity index is 1020. The number of piperazine rings is 1. The van der Waals surface area contributed by atoms with Crippen LogP contribution >= 0.6 is 0 Å². The summed E-state index contributed by atoms with van der Waals surface area (Å²) in [4.78, 5) is 25.0. The smallest absolute Gasteiger partial charge is 0.307 e. The third-order valence-corrected chi connectivity index (χ3v) is 7.08. The minimum Gasteiger partial charge on any atom is -0.481 e. The number of amides is 1. The number of hydrogen-bond donors (Lipinski definition) is 2. The molecule has 9 heteroatoms. The first-order valence-corrected chi connectivity index (χ1v) is 11.0. The van der Waals surface area contributed by atoms with E-state index in [1.54, 1.807) is 24.3 Å². The Kier molecular flexibility index (Phi) is 6.55. The van der Waals surface area contributed by atoms with E-state index >= 15 is 0 Å². The van der Waals surface area contributed by atoms with Gasteiger partial charge in [0.05, 0.1) is 11.3 Å². The molecule has 0 aliphatic carbocycles. The minimum absolute atomic E-state index is 0.0421. The van der Waals surface area contributed by atoms with E-state index in [0.717, 1.165) is 11.1 Å². The highest BCUT2D eigenvalue weighted by atomic mass is 32.2. The maximum Gasteiger partial charge on any atom is 0.307 e. The molecule has 8 nitrogen and oxygen atoms in total. The average molecular weight is 432 g/mol. The fourth-order valence-corrected chi connectivity index (χ4v) is 5.11. The van der Waals surface area contributed by atoms with Crippen molar-refractivity contribution < 1.29 is 23.1 Å². The number of benzene rings is 2. The average Bonchev–Trinajstić information content (AvgIpc) is 2.69. The van der Waals surface area contributed by atoms with Crippen LogP contribution in [0.5, 0.6) is 0 Å². The Labute approximate surface area is 176 Å². The zero-order valence-electron chi connectivity index (χ0n) is 16.7. The second-order valence-electron chi connectivity index (χ2n) is 7.47. The maximum atomic E-state index is 13.1. The number of nitrogens with two attached hydrogens (primary N) is 1. The van der Waals surface area contributed by atoms with Gasteiger partial charge in [-0.15, -0.1) is 0 Å². The lowest BCUT2D eigenvalue weighted by Gasteiger charge is -2.39. The molecule has 2 aromatic carbocycles. The van der Waals surface area contributed by atoms with E-state index in [9.17, 15) is 18.0 Å². The van der Waals surface area contributed by atoms with Crippen molar-refractivity contribution in [3.8, 4) is 0 Å². The lowest BCUT2D eigenvalue weighted by Crippen LogP contribution is -2.59. The predicted octanol–water partition coefficient (Wildman–Crippen LogP) is 0.983. The summed E-state index contributed by atoms with van der Waals surface area (Å²) in [5.74, 6) is -1.58. The minimum atomic E-state index is -3.84. The number of carbonyl (C=O) groups excluding carboxylic acids is 1. The number of carboxylic acid groups (broad SMARTS) is 1. The molecule has 1 fully saturated rings. The summed E-state index contributed by atoms with van der Waals surface area (Å²) in [5, 5.41) is 8.86. The van der Waals surface area contributed by atoms with Crippen molar-refractivity contribution in [3.05, 3.63) is 65.2 Å². The van der Waals surface area contributed by atoms with Gasteiger partial charge in [0.15, 0.2) is 0 Å². The topological polar surface area (TPSA) is 121 Å². The molecule has 30 heavy (non-hydrogen) atoms. The van der Waals surface area contributed by atoms with Gasteiger partial charge in [0.1, 0.15) is 6.04 Å². The molecule has 0 spiro atoms. The number of hydrogen-bond acceptors (Lipinski definition) is 5. The summed E-state index contributed by atoms with van der Waals surface area (Å²) < 4.78 is 27.3. The molecule has 0 radical (unpaired) electrons. The third kappa shape index (κ3) is 5.05.